The zero-order chi connectivity index (χ0) is 25.1. The normalized spacial score (nSPS) is 21.1. The van der Waals surface area contributed by atoms with Gasteiger partial charge in [-0.15, -0.1) is 0 Å². The lowest BCUT2D eigenvalue weighted by Gasteiger charge is -2.34. The molecule has 0 fully saturated rings. The molecule has 1 aliphatic heterocycles. The first kappa shape index (κ1) is 25.8. The van der Waals surface area contributed by atoms with Crippen LogP contribution in [0.2, 0.25) is 0 Å². The summed E-state index contributed by atoms with van der Waals surface area (Å²) >= 11 is 0. The molecular weight excluding hydrogens is 431 g/mol. The maximum Gasteiger partial charge on any atom is 0.584 e. The van der Waals surface area contributed by atoms with Crippen molar-refractivity contribution < 1.29 is 18.5 Å². The van der Waals surface area contributed by atoms with Gasteiger partial charge in [-0.2, -0.15) is 0 Å². The highest BCUT2D eigenvalue weighted by atomic mass is 31.2. The minimum atomic E-state index is -4.42. The van der Waals surface area contributed by atoms with E-state index in [1.807, 2.05) is 0 Å². The van der Waals surface area contributed by atoms with E-state index in [0.29, 0.717) is 23.3 Å². The van der Waals surface area contributed by atoms with Gasteiger partial charge in [-0.05, 0) is 33.8 Å². The van der Waals surface area contributed by atoms with Crippen LogP contribution in [0.4, 0.5) is 0 Å². The minimum Gasteiger partial charge on any atom is -0.395 e. The molecule has 0 radical (unpaired) electrons. The van der Waals surface area contributed by atoms with Crippen LogP contribution in [0.5, 0.6) is 11.5 Å². The van der Waals surface area contributed by atoms with Crippen molar-refractivity contribution in [2.24, 2.45) is 0 Å². The van der Waals surface area contributed by atoms with Crippen molar-refractivity contribution in [1.29, 1.82) is 0 Å². The van der Waals surface area contributed by atoms with Crippen LogP contribution in [-0.4, -0.2) is 4.89 Å². The summed E-state index contributed by atoms with van der Waals surface area (Å²) in [6.45, 7) is 23.4. The molecule has 0 amide bonds. The maximum absolute atomic E-state index is 13.3. The fourth-order valence-corrected chi connectivity index (χ4v) is 5.30. The molecule has 0 aliphatic carbocycles. The molecule has 0 atom stereocenters. The van der Waals surface area contributed by atoms with E-state index in [2.05, 4.69) is 100 Å². The van der Waals surface area contributed by atoms with Crippen LogP contribution in [0.25, 0.3) is 0 Å². The van der Waals surface area contributed by atoms with E-state index < -0.39 is 7.82 Å². The molecule has 4 nitrogen and oxygen atoms in total. The smallest absolute Gasteiger partial charge is 0.395 e. The summed E-state index contributed by atoms with van der Waals surface area (Å²) in [6, 6.07) is 8.52. The van der Waals surface area contributed by atoms with Crippen LogP contribution in [-0.2, 0) is 15.4 Å². The van der Waals surface area contributed by atoms with Crippen molar-refractivity contribution in [3.05, 3.63) is 57.6 Å². The fourth-order valence-electron chi connectivity index (χ4n) is 4.39. The Bertz CT molecular complexity index is 1020. The van der Waals surface area contributed by atoms with Crippen LogP contribution in [0.3, 0.4) is 0 Å². The molecule has 1 heterocycles. The lowest BCUT2D eigenvalue weighted by molar-refractivity contribution is 0.280. The number of hydrogen-bond donors (Lipinski definition) is 1. The van der Waals surface area contributed by atoms with E-state index in [9.17, 15) is 9.46 Å². The Labute approximate surface area is 200 Å². The zero-order valence-corrected chi connectivity index (χ0v) is 23.1. The summed E-state index contributed by atoms with van der Waals surface area (Å²) in [7, 11) is -4.42. The lowest BCUT2D eigenvalue weighted by atomic mass is 9.77. The number of benzene rings is 2. The Morgan fingerprint density at radius 3 is 1.36 bits per heavy atom. The highest BCUT2D eigenvalue weighted by molar-refractivity contribution is 7.48. The summed E-state index contributed by atoms with van der Waals surface area (Å²) in [5.74, 6) is 1.51. The lowest BCUT2D eigenvalue weighted by Crippen LogP contribution is -2.21. The molecular formula is C28H41O4P. The molecule has 5 heteroatoms. The average molecular weight is 473 g/mol. The molecule has 0 saturated heterocycles. The number of hydrogen-bond acceptors (Lipinski definition) is 3. The van der Waals surface area contributed by atoms with Gasteiger partial charge in [0.2, 0.25) is 0 Å². The molecule has 0 bridgehead atoms. The van der Waals surface area contributed by atoms with E-state index in [1.165, 1.54) is 11.1 Å². The quantitative estimate of drug-likeness (QED) is 0.445. The van der Waals surface area contributed by atoms with E-state index in [1.54, 1.807) is 0 Å². The van der Waals surface area contributed by atoms with Gasteiger partial charge in [0.1, 0.15) is 11.5 Å². The Balaban J connectivity index is 2.46. The van der Waals surface area contributed by atoms with Gasteiger partial charge < -0.3 is 9.05 Å². The summed E-state index contributed by atoms with van der Waals surface area (Å²) in [4.78, 5) is 10.9. The summed E-state index contributed by atoms with van der Waals surface area (Å²) in [5, 5.41) is 0. The number of phosphoric acid groups is 1. The minimum absolute atomic E-state index is 0.0742. The molecule has 0 unspecified atom stereocenters. The predicted octanol–water partition coefficient (Wildman–Crippen LogP) is 8.55. The topological polar surface area (TPSA) is 55.8 Å². The van der Waals surface area contributed by atoms with Crippen molar-refractivity contribution in [3.8, 4) is 11.5 Å². The van der Waals surface area contributed by atoms with Gasteiger partial charge in [0, 0.05) is 28.2 Å². The Hall–Kier alpha value is -1.77. The van der Waals surface area contributed by atoms with E-state index in [-0.39, 0.29) is 16.7 Å². The Morgan fingerprint density at radius 2 is 1.09 bits per heavy atom. The third kappa shape index (κ3) is 5.17. The van der Waals surface area contributed by atoms with Crippen molar-refractivity contribution in [2.45, 2.75) is 105 Å². The molecule has 33 heavy (non-hydrogen) atoms. The summed E-state index contributed by atoms with van der Waals surface area (Å²) in [5.41, 5.74) is 5.57. The van der Waals surface area contributed by atoms with E-state index in [0.717, 1.165) is 22.3 Å². The van der Waals surface area contributed by atoms with Gasteiger partial charge in [-0.25, -0.2) is 4.57 Å². The Kier molecular flexibility index (Phi) is 6.63. The number of phosphoric ester groups is 1. The third-order valence-corrected chi connectivity index (χ3v) is 7.40. The Morgan fingerprint density at radius 1 is 0.758 bits per heavy atom. The van der Waals surface area contributed by atoms with Crippen LogP contribution in [0.1, 0.15) is 127 Å². The average Bonchev–Trinajstić information content (AvgIpc) is 2.64. The first-order valence-electron chi connectivity index (χ1n) is 12.0. The van der Waals surface area contributed by atoms with Crippen LogP contribution in [0, 0.1) is 0 Å². The van der Waals surface area contributed by atoms with Gasteiger partial charge >= 0.3 is 7.82 Å². The number of fused-ring (bicyclic) bond motifs is 2. The predicted molar refractivity (Wildman–Crippen MR) is 137 cm³/mol. The summed E-state index contributed by atoms with van der Waals surface area (Å²) in [6.07, 6.45) is 0. The molecule has 1 N–H and O–H groups in total. The fraction of sp³-hybridized carbons (Fsp3) is 0.571. The van der Waals surface area contributed by atoms with Crippen molar-refractivity contribution >= 4 is 7.82 Å². The largest absolute Gasteiger partial charge is 0.584 e. The van der Waals surface area contributed by atoms with Crippen molar-refractivity contribution in [1.82, 2.24) is 0 Å². The zero-order valence-electron chi connectivity index (χ0n) is 22.2. The molecule has 3 rings (SSSR count). The highest BCUT2D eigenvalue weighted by Crippen LogP contribution is 2.56. The van der Waals surface area contributed by atoms with E-state index >= 15 is 0 Å². The van der Waals surface area contributed by atoms with Crippen LogP contribution < -0.4 is 9.05 Å². The second-order valence-corrected chi connectivity index (χ2v) is 13.5. The van der Waals surface area contributed by atoms with E-state index in [4.69, 9.17) is 9.05 Å². The molecule has 2 aromatic carbocycles. The molecule has 0 spiro atoms. The molecule has 0 saturated carbocycles. The van der Waals surface area contributed by atoms with Crippen molar-refractivity contribution in [3.63, 3.8) is 0 Å². The van der Waals surface area contributed by atoms with Crippen molar-refractivity contribution in [2.75, 3.05) is 0 Å². The first-order chi connectivity index (χ1) is 14.9. The highest BCUT2D eigenvalue weighted by Gasteiger charge is 2.39. The second kappa shape index (κ2) is 8.47. The molecule has 0 aromatic heterocycles. The van der Waals surface area contributed by atoms with Gasteiger partial charge in [0.15, 0.2) is 0 Å². The first-order valence-corrected chi connectivity index (χ1v) is 13.5. The standard InChI is InChI=1S/C28H41O4P/c1-16(2)19-12-21-18(5)22-13-20(17(3)4)15-24(28(9,10)11)26(22)32-33(29,30)31-25(21)23(14-19)27(6,7)8/h12-18H,1-11H3,(H,29,30). The van der Waals surface area contributed by atoms with Gasteiger partial charge in [-0.1, -0.05) is 100 Å². The second-order valence-electron chi connectivity index (χ2n) is 12.2. The van der Waals surface area contributed by atoms with Gasteiger partial charge in [0.05, 0.1) is 0 Å². The third-order valence-electron chi connectivity index (χ3n) is 6.58. The number of rotatable bonds is 2. The molecule has 182 valence electrons. The monoisotopic (exact) mass is 472 g/mol. The van der Waals surface area contributed by atoms with Gasteiger partial charge in [0.25, 0.3) is 0 Å². The SMILES string of the molecule is CC(C)c1cc2c(c(C(C)(C)C)c1)OP(=O)(O)Oc1c(cc(C(C)C)cc1C(C)(C)C)C2C. The molecule has 2 aromatic rings. The summed E-state index contributed by atoms with van der Waals surface area (Å²) < 4.78 is 25.1. The maximum atomic E-state index is 13.3. The van der Waals surface area contributed by atoms with Crippen LogP contribution >= 0.6 is 7.82 Å². The molecule has 1 aliphatic rings. The van der Waals surface area contributed by atoms with Crippen LogP contribution in [0.15, 0.2) is 24.3 Å². The van der Waals surface area contributed by atoms with Gasteiger partial charge in [-0.3, -0.25) is 4.89 Å².